The van der Waals surface area contributed by atoms with Gasteiger partial charge in [-0.1, -0.05) is 0 Å². The summed E-state index contributed by atoms with van der Waals surface area (Å²) in [6.45, 7) is 0.239. The van der Waals surface area contributed by atoms with E-state index in [1.54, 1.807) is 18.3 Å². The number of nitrogens with zero attached hydrogens (tertiary/aromatic N) is 2. The van der Waals surface area contributed by atoms with Gasteiger partial charge in [0.2, 0.25) is 0 Å². The molecule has 5 N–H and O–H groups in total. The van der Waals surface area contributed by atoms with Crippen molar-refractivity contribution in [1.82, 2.24) is 9.78 Å². The fourth-order valence-corrected chi connectivity index (χ4v) is 2.44. The van der Waals surface area contributed by atoms with Crippen molar-refractivity contribution in [2.24, 2.45) is 0 Å². The molecular weight excluding hydrogens is 383 g/mol. The van der Waals surface area contributed by atoms with Crippen molar-refractivity contribution in [1.29, 1.82) is 0 Å². The third-order valence-corrected chi connectivity index (χ3v) is 3.77. The van der Waals surface area contributed by atoms with Gasteiger partial charge in [0, 0.05) is 0 Å². The van der Waals surface area contributed by atoms with Crippen LogP contribution in [0.15, 0.2) is 30.5 Å². The number of amides is 1. The molecule has 0 saturated carbocycles. The SMILES string of the molecule is Cl.Nc1ccc(O)c(C=CC(=O)Nc2c([AsH2])cnn2CCO)c1. The van der Waals surface area contributed by atoms with Crippen molar-refractivity contribution in [2.45, 2.75) is 6.54 Å². The molecule has 0 radical (unpaired) electrons. The Labute approximate surface area is 148 Å². The number of hydrogen-bond donors (Lipinski definition) is 4. The molecule has 1 unspecified atom stereocenters. The van der Waals surface area contributed by atoms with Gasteiger partial charge in [-0.25, -0.2) is 0 Å². The second kappa shape index (κ2) is 8.62. The first-order valence-electron chi connectivity index (χ1n) is 6.51. The Kier molecular flexibility index (Phi) is 7.16. The number of phenols is 1. The van der Waals surface area contributed by atoms with E-state index in [9.17, 15) is 9.90 Å². The van der Waals surface area contributed by atoms with Crippen LogP contribution in [0.2, 0.25) is 0 Å². The molecule has 1 amide bonds. The Morgan fingerprint density at radius 2 is 2.22 bits per heavy atom. The van der Waals surface area contributed by atoms with Crippen LogP contribution in [0.5, 0.6) is 5.75 Å². The van der Waals surface area contributed by atoms with E-state index in [0.29, 0.717) is 23.6 Å². The van der Waals surface area contributed by atoms with Crippen LogP contribution in [0.3, 0.4) is 0 Å². The Morgan fingerprint density at radius 1 is 1.48 bits per heavy atom. The quantitative estimate of drug-likeness (QED) is 0.234. The van der Waals surface area contributed by atoms with E-state index in [4.69, 9.17) is 10.8 Å². The molecule has 7 nitrogen and oxygen atoms in total. The molecule has 23 heavy (non-hydrogen) atoms. The van der Waals surface area contributed by atoms with E-state index < -0.39 is 0 Å². The number of aliphatic hydroxyl groups is 1. The van der Waals surface area contributed by atoms with Crippen LogP contribution in [-0.2, 0) is 11.3 Å². The minimum absolute atomic E-state index is 0. The Balaban J connectivity index is 0.00000264. The Morgan fingerprint density at radius 3 is 2.91 bits per heavy atom. The van der Waals surface area contributed by atoms with E-state index in [1.165, 1.54) is 39.8 Å². The molecule has 0 spiro atoms. The Bertz CT molecular complexity index is 718. The number of nitrogens with two attached hydrogens (primary N) is 1. The maximum atomic E-state index is 12.0. The number of phenolic OH excluding ortho intramolecular Hbond substituents is 1. The molecule has 1 aromatic heterocycles. The monoisotopic (exact) mass is 400 g/mol. The molecule has 0 aliphatic carbocycles. The minimum atomic E-state index is -0.361. The first-order chi connectivity index (χ1) is 10.5. The molecule has 9 heteroatoms. The predicted octanol–water partition coefficient (Wildman–Crippen LogP) is -0.505. The molecule has 0 saturated heterocycles. The summed E-state index contributed by atoms with van der Waals surface area (Å²) in [5.41, 5.74) is 6.59. The number of anilines is 2. The van der Waals surface area contributed by atoms with E-state index in [-0.39, 0.29) is 30.7 Å². The molecule has 2 rings (SSSR count). The summed E-state index contributed by atoms with van der Waals surface area (Å²) in [5, 5.41) is 25.5. The van der Waals surface area contributed by atoms with E-state index in [0.717, 1.165) is 4.35 Å². The van der Waals surface area contributed by atoms with Gasteiger partial charge in [0.05, 0.1) is 0 Å². The van der Waals surface area contributed by atoms with Crippen LogP contribution in [0.25, 0.3) is 6.08 Å². The third-order valence-electron chi connectivity index (χ3n) is 2.89. The average molecular weight is 401 g/mol. The van der Waals surface area contributed by atoms with Crippen LogP contribution in [0.4, 0.5) is 11.5 Å². The van der Waals surface area contributed by atoms with Crippen LogP contribution < -0.4 is 15.4 Å². The summed E-state index contributed by atoms with van der Waals surface area (Å²) in [6, 6.07) is 4.62. The predicted molar refractivity (Wildman–Crippen MR) is 94.9 cm³/mol. The summed E-state index contributed by atoms with van der Waals surface area (Å²) in [6.07, 6.45) is 4.42. The summed E-state index contributed by atoms with van der Waals surface area (Å²) in [5.74, 6) is 0.240. The standard InChI is InChI=1S/C14H17AsN4O3.ClH/c15-11-8-17-19(5-6-20)14(11)18-13(22)4-1-9-7-10(16)2-3-12(9)21;/h1-4,7-8,20-21H,5-6,15-16H2,(H,18,22);1H. The average Bonchev–Trinajstić information content (AvgIpc) is 2.82. The van der Waals surface area contributed by atoms with E-state index in [1.807, 2.05) is 0 Å². The number of benzene rings is 1. The van der Waals surface area contributed by atoms with Crippen molar-refractivity contribution in [3.8, 4) is 5.75 Å². The number of aliphatic hydroxyl groups excluding tert-OH is 1. The molecule has 1 aromatic carbocycles. The molecule has 0 aliphatic heterocycles. The summed E-state index contributed by atoms with van der Waals surface area (Å²) in [7, 11) is 0. The number of hydrogen-bond acceptors (Lipinski definition) is 5. The molecule has 2 aromatic rings. The Hall–Kier alpha value is -1.95. The molecule has 1 heterocycles. The van der Waals surface area contributed by atoms with Gasteiger partial charge in [-0.05, 0) is 0 Å². The van der Waals surface area contributed by atoms with Gasteiger partial charge in [0.15, 0.2) is 0 Å². The molecule has 0 aliphatic rings. The van der Waals surface area contributed by atoms with Crippen LogP contribution in [0.1, 0.15) is 5.56 Å². The normalized spacial score (nSPS) is 10.5. The van der Waals surface area contributed by atoms with Crippen molar-refractivity contribution >= 4 is 57.1 Å². The summed E-state index contributed by atoms with van der Waals surface area (Å²) < 4.78 is 2.38. The number of carbonyl (C=O) groups excluding carboxylic acids is 1. The van der Waals surface area contributed by atoms with Crippen LogP contribution in [-0.4, -0.2) is 49.4 Å². The number of nitrogen functional groups attached to an aromatic ring is 1. The maximum absolute atomic E-state index is 12.0. The third kappa shape index (κ3) is 5.03. The molecular formula is C14H18AsClN4O3. The molecule has 1 atom stereocenters. The van der Waals surface area contributed by atoms with Gasteiger partial charge in [-0.15, -0.1) is 12.4 Å². The number of halogens is 1. The first kappa shape index (κ1) is 19.1. The summed E-state index contributed by atoms with van der Waals surface area (Å²) >= 11 is 1.32. The van der Waals surface area contributed by atoms with E-state index >= 15 is 0 Å². The van der Waals surface area contributed by atoms with E-state index in [2.05, 4.69) is 10.4 Å². The van der Waals surface area contributed by atoms with Gasteiger partial charge in [0.1, 0.15) is 0 Å². The number of aromatic hydroxyl groups is 1. The van der Waals surface area contributed by atoms with Crippen molar-refractivity contribution in [3.63, 3.8) is 0 Å². The number of nitrogens with one attached hydrogen (secondary N) is 1. The zero-order valence-corrected chi connectivity index (χ0v) is 15.4. The first-order valence-corrected chi connectivity index (χ1v) is 7.72. The zero-order chi connectivity index (χ0) is 16.1. The van der Waals surface area contributed by atoms with Gasteiger partial charge < -0.3 is 0 Å². The molecule has 0 fully saturated rings. The topological polar surface area (TPSA) is 113 Å². The van der Waals surface area contributed by atoms with Gasteiger partial charge in [0.25, 0.3) is 0 Å². The zero-order valence-electron chi connectivity index (χ0n) is 12.1. The second-order valence-corrected chi connectivity index (χ2v) is 5.84. The number of rotatable bonds is 5. The number of carbonyl (C=O) groups is 1. The van der Waals surface area contributed by atoms with Crippen molar-refractivity contribution in [2.75, 3.05) is 17.7 Å². The second-order valence-electron chi connectivity index (χ2n) is 4.54. The van der Waals surface area contributed by atoms with Crippen LogP contribution >= 0.6 is 12.4 Å². The van der Waals surface area contributed by atoms with Crippen LogP contribution in [0, 0.1) is 0 Å². The molecule has 0 bridgehead atoms. The summed E-state index contributed by atoms with van der Waals surface area (Å²) in [4.78, 5) is 12.0. The fourth-order valence-electron chi connectivity index (χ4n) is 1.83. The molecule has 124 valence electrons. The fraction of sp³-hybridized carbons (Fsp3) is 0.143. The van der Waals surface area contributed by atoms with Crippen molar-refractivity contribution in [3.05, 3.63) is 36.0 Å². The van der Waals surface area contributed by atoms with Gasteiger partial charge >= 0.3 is 135 Å². The van der Waals surface area contributed by atoms with Gasteiger partial charge in [-0.2, -0.15) is 0 Å². The van der Waals surface area contributed by atoms with Crippen molar-refractivity contribution < 1.29 is 15.0 Å². The number of aromatic nitrogens is 2. The van der Waals surface area contributed by atoms with Gasteiger partial charge in [-0.3, -0.25) is 0 Å².